The number of halogens is 2. The summed E-state index contributed by atoms with van der Waals surface area (Å²) in [4.78, 5) is 68.0. The van der Waals surface area contributed by atoms with Crippen molar-refractivity contribution in [3.8, 4) is 0 Å². The predicted molar refractivity (Wildman–Crippen MR) is 195 cm³/mol. The van der Waals surface area contributed by atoms with Gasteiger partial charge >= 0.3 is 32.7 Å². The van der Waals surface area contributed by atoms with Gasteiger partial charge in [0, 0.05) is 35.5 Å². The van der Waals surface area contributed by atoms with E-state index in [-0.39, 0.29) is 68.3 Å². The number of hydrogen-bond acceptors (Lipinski definition) is 10. The van der Waals surface area contributed by atoms with Crippen LogP contribution in [-0.2, 0) is 50.5 Å². The van der Waals surface area contributed by atoms with Crippen molar-refractivity contribution in [3.05, 3.63) is 170 Å². The van der Waals surface area contributed by atoms with Gasteiger partial charge in [-0.25, -0.2) is 22.0 Å². The summed E-state index contributed by atoms with van der Waals surface area (Å²) in [5.74, 6) is -1.08. The third-order valence-corrected chi connectivity index (χ3v) is 7.34. The van der Waals surface area contributed by atoms with Gasteiger partial charge in [0.25, 0.3) is 22.9 Å². The minimum atomic E-state index is -0.641. The number of carbonyl (C=O) groups is 3. The fraction of sp³-hybridized carbons (Fsp3) is 0.111. The Morgan fingerprint density at radius 2 is 1.13 bits per heavy atom. The molecule has 268 valence electrons. The molecule has 53 heavy (non-hydrogen) atoms. The fourth-order valence-electron chi connectivity index (χ4n) is 4.22. The second-order valence-electron chi connectivity index (χ2n) is 10.4. The Morgan fingerprint density at radius 3 is 1.55 bits per heavy atom. The zero-order valence-electron chi connectivity index (χ0n) is 28.1. The summed E-state index contributed by atoms with van der Waals surface area (Å²) < 4.78 is 6.61. The first kappa shape index (κ1) is 42.6. The molecule has 0 aliphatic heterocycles. The van der Waals surface area contributed by atoms with Crippen molar-refractivity contribution in [2.75, 3.05) is 13.2 Å². The second-order valence-corrected chi connectivity index (χ2v) is 11.3. The fourth-order valence-corrected chi connectivity index (χ4v) is 4.47. The Kier molecular flexibility index (Phi) is 16.9. The first-order valence-corrected chi connectivity index (χ1v) is 16.1. The van der Waals surface area contributed by atoms with Crippen molar-refractivity contribution in [2.45, 2.75) is 13.1 Å². The maximum atomic E-state index is 12.4. The standard InChI is InChI=1S/C16H11ClN4O3.C16H12ClN4O2.C4H8O.Y/c17-11-3-1-10(2-4-11)7-19-15(23)13-8-18-14-6-5-12(9-22)20-21(14)16(13)24;1-10-2-7-14-18-9-13(16(23)21(14)20-10)15(22)19-8-11-3-5-12(17)6-4-11;1-3-5-4-2;/h1-6,8-9H,7H2,(H,19,23);2-7,9H,1,8H2,(H,19,22);1-4H2;/q;-1;-2;+3. The molecule has 0 fully saturated rings. The molecule has 0 aliphatic carbocycles. The summed E-state index contributed by atoms with van der Waals surface area (Å²) in [6.45, 7) is 12.1. The smallest absolute Gasteiger partial charge is 0.445 e. The van der Waals surface area contributed by atoms with Crippen LogP contribution in [0.15, 0.2) is 94.8 Å². The Hall–Kier alpha value is -4.86. The Labute approximate surface area is 338 Å². The number of carbonyl (C=O) groups excluding carboxylic acids is 3. The second kappa shape index (κ2) is 21.0. The number of aldehydes is 1. The molecule has 0 radical (unpaired) electrons. The molecule has 0 saturated heterocycles. The zero-order chi connectivity index (χ0) is 37.6. The molecule has 6 aromatic rings. The maximum absolute atomic E-state index is 12.4. The molecule has 0 unspecified atom stereocenters. The van der Waals surface area contributed by atoms with Crippen LogP contribution in [0.3, 0.4) is 0 Å². The number of ether oxygens (including phenoxy) is 1. The molecular weight excluding hydrogens is 800 g/mol. The van der Waals surface area contributed by atoms with Gasteiger partial charge in [0.2, 0.25) is 0 Å². The average molecular weight is 832 g/mol. The summed E-state index contributed by atoms with van der Waals surface area (Å²) in [7, 11) is 0. The molecule has 4 heterocycles. The van der Waals surface area contributed by atoms with Crippen LogP contribution < -0.4 is 21.8 Å². The van der Waals surface area contributed by atoms with Gasteiger partial charge in [-0.15, -0.1) is 0 Å². The van der Waals surface area contributed by atoms with E-state index in [0.29, 0.717) is 40.9 Å². The van der Waals surface area contributed by atoms with E-state index >= 15 is 0 Å². The van der Waals surface area contributed by atoms with Gasteiger partial charge in [-0.3, -0.25) is 24.0 Å². The number of benzene rings is 2. The normalized spacial score (nSPS) is 10.2. The van der Waals surface area contributed by atoms with E-state index in [1.54, 1.807) is 60.7 Å². The molecular formula is C36H31Cl2N8O6Y. The first-order valence-electron chi connectivity index (χ1n) is 15.3. The van der Waals surface area contributed by atoms with Crippen molar-refractivity contribution in [3.63, 3.8) is 0 Å². The van der Waals surface area contributed by atoms with Gasteiger partial charge in [-0.05, 0) is 47.5 Å². The Morgan fingerprint density at radius 1 is 0.698 bits per heavy atom. The number of fused-ring (bicyclic) bond motifs is 2. The van der Waals surface area contributed by atoms with Crippen LogP contribution in [0.25, 0.3) is 11.3 Å². The van der Waals surface area contributed by atoms with E-state index < -0.39 is 22.9 Å². The number of aromatic nitrogens is 6. The Balaban J connectivity index is 0.000000249. The largest absolute Gasteiger partial charge is 3.00 e. The summed E-state index contributed by atoms with van der Waals surface area (Å²) in [6.07, 6.45) is 2.95. The van der Waals surface area contributed by atoms with Crippen molar-refractivity contribution < 1.29 is 51.8 Å². The number of nitrogens with zero attached hydrogens (tertiary/aromatic N) is 6. The number of nitrogens with one attached hydrogen (secondary N) is 2. The van der Waals surface area contributed by atoms with E-state index in [4.69, 9.17) is 23.2 Å². The third-order valence-electron chi connectivity index (χ3n) is 6.83. The van der Waals surface area contributed by atoms with Crippen LogP contribution in [0, 0.1) is 20.8 Å². The van der Waals surface area contributed by atoms with E-state index in [2.05, 4.69) is 56.3 Å². The van der Waals surface area contributed by atoms with Crippen LogP contribution in [0.2, 0.25) is 10.0 Å². The molecule has 0 saturated carbocycles. The number of amides is 2. The number of rotatable bonds is 9. The molecule has 4 aromatic heterocycles. The Bertz CT molecular complexity index is 2300. The van der Waals surface area contributed by atoms with Crippen molar-refractivity contribution in [1.82, 2.24) is 39.8 Å². The van der Waals surface area contributed by atoms with Gasteiger partial charge in [0.1, 0.15) is 22.5 Å². The van der Waals surface area contributed by atoms with Crippen LogP contribution >= 0.6 is 23.2 Å². The van der Waals surface area contributed by atoms with E-state index in [1.165, 1.54) is 24.5 Å². The maximum Gasteiger partial charge on any atom is 3.00 e. The van der Waals surface area contributed by atoms with Gasteiger partial charge in [-0.1, -0.05) is 72.4 Å². The average Bonchev–Trinajstić information content (AvgIpc) is 3.15. The summed E-state index contributed by atoms with van der Waals surface area (Å²) in [6, 6.07) is 20.2. The van der Waals surface area contributed by atoms with Crippen LogP contribution in [0.5, 0.6) is 0 Å². The molecule has 17 heteroatoms. The third kappa shape index (κ3) is 12.1. The molecule has 2 amide bonds. The van der Waals surface area contributed by atoms with Crippen LogP contribution in [-0.4, -0.2) is 60.5 Å². The van der Waals surface area contributed by atoms with Gasteiger partial charge in [0.05, 0.1) is 0 Å². The molecule has 0 atom stereocenters. The molecule has 14 nitrogen and oxygen atoms in total. The van der Waals surface area contributed by atoms with Crippen molar-refractivity contribution in [2.24, 2.45) is 0 Å². The predicted octanol–water partition coefficient (Wildman–Crippen LogP) is 4.01. The van der Waals surface area contributed by atoms with Gasteiger partial charge in [0.15, 0.2) is 11.9 Å². The molecule has 0 spiro atoms. The summed E-state index contributed by atoms with van der Waals surface area (Å²) in [5, 5.41) is 14.4. The zero-order valence-corrected chi connectivity index (χ0v) is 32.4. The van der Waals surface area contributed by atoms with Gasteiger partial charge in [-0.2, -0.15) is 20.2 Å². The van der Waals surface area contributed by atoms with E-state index in [0.717, 1.165) is 20.2 Å². The van der Waals surface area contributed by atoms with E-state index in [1.807, 2.05) is 0 Å². The number of hydrogen-bond donors (Lipinski definition) is 2. The molecule has 0 aliphatic rings. The first-order chi connectivity index (χ1) is 25.0. The summed E-state index contributed by atoms with van der Waals surface area (Å²) in [5.41, 5.74) is 1.40. The SMILES string of the molecule is O=Cc1ccc2ncc(C(=O)NCc3ccc(Cl)cc3)c(=O)n2n1.[CH2-]COC[CH2-].[CH2-]c1ccc2ncc(C(=O)NCc3ccc(Cl)cc3)c(=O)n2n1.[Y+3]. The minimum Gasteiger partial charge on any atom is -0.445 e. The van der Waals surface area contributed by atoms with Crippen LogP contribution in [0.4, 0.5) is 0 Å². The van der Waals surface area contributed by atoms with Gasteiger partial charge < -0.3 is 29.2 Å². The quantitative estimate of drug-likeness (QED) is 0.160. The minimum absolute atomic E-state index is 0. The van der Waals surface area contributed by atoms with Crippen molar-refractivity contribution >= 4 is 52.6 Å². The van der Waals surface area contributed by atoms with E-state index in [9.17, 15) is 24.0 Å². The topological polar surface area (TPSA) is 179 Å². The molecule has 2 aromatic carbocycles. The molecule has 2 N–H and O–H groups in total. The monoisotopic (exact) mass is 830 g/mol. The van der Waals surface area contributed by atoms with Crippen molar-refractivity contribution in [1.29, 1.82) is 0 Å². The summed E-state index contributed by atoms with van der Waals surface area (Å²) >= 11 is 11.6. The molecule has 6 rings (SSSR count). The molecule has 0 bridgehead atoms. The van der Waals surface area contributed by atoms with Crippen LogP contribution in [0.1, 0.15) is 48.0 Å².